The van der Waals surface area contributed by atoms with Crippen LogP contribution in [0.3, 0.4) is 0 Å². The maximum absolute atomic E-state index is 4.55. The Bertz CT molecular complexity index is 345. The van der Waals surface area contributed by atoms with Gasteiger partial charge in [0.1, 0.15) is 0 Å². The fourth-order valence-corrected chi connectivity index (χ4v) is 2.31. The monoisotopic (exact) mass is 222 g/mol. The van der Waals surface area contributed by atoms with Gasteiger partial charge in [0.25, 0.3) is 0 Å². The molecule has 16 heavy (non-hydrogen) atoms. The van der Waals surface area contributed by atoms with Gasteiger partial charge in [-0.1, -0.05) is 6.92 Å². The molecule has 2 heterocycles. The first kappa shape index (κ1) is 11.5. The lowest BCUT2D eigenvalue weighted by Gasteiger charge is -2.14. The molecule has 4 heteroatoms. The zero-order valence-corrected chi connectivity index (χ0v) is 10.5. The van der Waals surface area contributed by atoms with Crippen LogP contribution in [0, 0.1) is 6.92 Å². The van der Waals surface area contributed by atoms with Gasteiger partial charge in [-0.2, -0.15) is 0 Å². The van der Waals surface area contributed by atoms with Crippen LogP contribution < -0.4 is 5.32 Å². The highest BCUT2D eigenvalue weighted by molar-refractivity contribution is 5.30. The van der Waals surface area contributed by atoms with Gasteiger partial charge in [-0.15, -0.1) is 0 Å². The number of likely N-dealkylation sites (tertiary alicyclic amines) is 1. The van der Waals surface area contributed by atoms with Gasteiger partial charge < -0.3 is 14.8 Å². The maximum atomic E-state index is 4.55. The van der Waals surface area contributed by atoms with Crippen molar-refractivity contribution in [2.45, 2.75) is 39.3 Å². The lowest BCUT2D eigenvalue weighted by molar-refractivity contribution is 0.413. The van der Waals surface area contributed by atoms with Crippen molar-refractivity contribution in [1.82, 2.24) is 14.5 Å². The number of nitrogens with one attached hydrogen (secondary N) is 1. The highest BCUT2D eigenvalue weighted by Crippen LogP contribution is 2.15. The molecular weight excluding hydrogens is 200 g/mol. The Morgan fingerprint density at radius 3 is 3.00 bits per heavy atom. The standard InChI is InChI=1S/C12H22N4/c1-4-6-16-8-10(2)13-12(16)14-11-5-7-15(3)9-11/h8,11H,4-7,9H2,1-3H3,(H,13,14). The van der Waals surface area contributed by atoms with E-state index < -0.39 is 0 Å². The Morgan fingerprint density at radius 1 is 1.56 bits per heavy atom. The molecule has 1 atom stereocenters. The van der Waals surface area contributed by atoms with Crippen molar-refractivity contribution in [3.05, 3.63) is 11.9 Å². The number of hydrogen-bond donors (Lipinski definition) is 1. The first-order chi connectivity index (χ1) is 7.69. The van der Waals surface area contributed by atoms with Gasteiger partial charge in [0.15, 0.2) is 0 Å². The van der Waals surface area contributed by atoms with Gasteiger partial charge in [-0.05, 0) is 33.4 Å². The summed E-state index contributed by atoms with van der Waals surface area (Å²) in [6.07, 6.45) is 4.49. The molecule has 1 aliphatic heterocycles. The number of aromatic nitrogens is 2. The minimum atomic E-state index is 0.558. The van der Waals surface area contributed by atoms with Crippen LogP contribution in [0.2, 0.25) is 0 Å². The van der Waals surface area contributed by atoms with Gasteiger partial charge in [-0.25, -0.2) is 4.98 Å². The number of anilines is 1. The molecule has 1 fully saturated rings. The van der Waals surface area contributed by atoms with Gasteiger partial charge in [0.05, 0.1) is 5.69 Å². The zero-order valence-electron chi connectivity index (χ0n) is 10.5. The van der Waals surface area contributed by atoms with Crippen LogP contribution in [-0.2, 0) is 6.54 Å². The number of rotatable bonds is 4. The lowest BCUT2D eigenvalue weighted by Crippen LogP contribution is -2.25. The summed E-state index contributed by atoms with van der Waals surface area (Å²) in [6.45, 7) is 7.61. The first-order valence-electron chi connectivity index (χ1n) is 6.18. The molecular formula is C12H22N4. The average molecular weight is 222 g/mol. The van der Waals surface area contributed by atoms with Crippen LogP contribution in [0.15, 0.2) is 6.20 Å². The number of imidazole rings is 1. The normalized spacial score (nSPS) is 21.6. The SMILES string of the molecule is CCCn1cc(C)nc1NC1CCN(C)C1. The average Bonchev–Trinajstić information content (AvgIpc) is 2.76. The van der Waals surface area contributed by atoms with Crippen molar-refractivity contribution >= 4 is 5.95 Å². The minimum Gasteiger partial charge on any atom is -0.352 e. The summed E-state index contributed by atoms with van der Waals surface area (Å²) >= 11 is 0. The van der Waals surface area contributed by atoms with E-state index in [1.165, 1.54) is 13.0 Å². The molecule has 0 saturated carbocycles. The largest absolute Gasteiger partial charge is 0.352 e. The second kappa shape index (κ2) is 4.87. The third-order valence-corrected chi connectivity index (χ3v) is 3.09. The Labute approximate surface area is 97.7 Å². The van der Waals surface area contributed by atoms with Crippen molar-refractivity contribution in [3.63, 3.8) is 0 Å². The van der Waals surface area contributed by atoms with Crippen molar-refractivity contribution < 1.29 is 0 Å². The number of nitrogens with zero attached hydrogens (tertiary/aromatic N) is 3. The second-order valence-corrected chi connectivity index (χ2v) is 4.79. The molecule has 1 saturated heterocycles. The molecule has 1 aliphatic rings. The van der Waals surface area contributed by atoms with Crippen molar-refractivity contribution in [1.29, 1.82) is 0 Å². The number of hydrogen-bond acceptors (Lipinski definition) is 3. The molecule has 2 rings (SSSR count). The van der Waals surface area contributed by atoms with E-state index in [4.69, 9.17) is 0 Å². The minimum absolute atomic E-state index is 0.558. The summed E-state index contributed by atoms with van der Waals surface area (Å²) in [4.78, 5) is 6.91. The van der Waals surface area contributed by atoms with Crippen LogP contribution in [0.4, 0.5) is 5.95 Å². The summed E-state index contributed by atoms with van der Waals surface area (Å²) in [7, 11) is 2.17. The molecule has 1 N–H and O–H groups in total. The Balaban J connectivity index is 2.02. The third-order valence-electron chi connectivity index (χ3n) is 3.09. The molecule has 0 amide bonds. The first-order valence-corrected chi connectivity index (χ1v) is 6.18. The molecule has 1 aromatic rings. The van der Waals surface area contributed by atoms with Crippen LogP contribution in [0.5, 0.6) is 0 Å². The van der Waals surface area contributed by atoms with E-state index in [2.05, 4.69) is 46.9 Å². The summed E-state index contributed by atoms with van der Waals surface area (Å²) < 4.78 is 2.23. The Hall–Kier alpha value is -1.03. The molecule has 0 aliphatic carbocycles. The quantitative estimate of drug-likeness (QED) is 0.842. The van der Waals surface area contributed by atoms with E-state index in [-0.39, 0.29) is 0 Å². The van der Waals surface area contributed by atoms with Crippen LogP contribution >= 0.6 is 0 Å². The highest BCUT2D eigenvalue weighted by Gasteiger charge is 2.20. The van der Waals surface area contributed by atoms with Gasteiger partial charge >= 0.3 is 0 Å². The van der Waals surface area contributed by atoms with E-state index in [1.807, 2.05) is 0 Å². The molecule has 1 aromatic heterocycles. The van der Waals surface area contributed by atoms with Crippen molar-refractivity contribution in [2.24, 2.45) is 0 Å². The third kappa shape index (κ3) is 2.55. The molecule has 0 bridgehead atoms. The van der Waals surface area contributed by atoms with Crippen molar-refractivity contribution in [2.75, 3.05) is 25.5 Å². The van der Waals surface area contributed by atoms with Crippen LogP contribution in [0.25, 0.3) is 0 Å². The van der Waals surface area contributed by atoms with E-state index in [1.54, 1.807) is 0 Å². The number of aryl methyl sites for hydroxylation is 2. The predicted molar refractivity (Wildman–Crippen MR) is 66.8 cm³/mol. The Kier molecular flexibility index (Phi) is 3.49. The summed E-state index contributed by atoms with van der Waals surface area (Å²) in [5.74, 6) is 1.04. The molecule has 0 spiro atoms. The molecule has 90 valence electrons. The lowest BCUT2D eigenvalue weighted by atomic mass is 10.3. The van der Waals surface area contributed by atoms with E-state index in [9.17, 15) is 0 Å². The topological polar surface area (TPSA) is 33.1 Å². The van der Waals surface area contributed by atoms with Crippen molar-refractivity contribution in [3.8, 4) is 0 Å². The second-order valence-electron chi connectivity index (χ2n) is 4.79. The van der Waals surface area contributed by atoms with E-state index >= 15 is 0 Å². The molecule has 4 nitrogen and oxygen atoms in total. The summed E-state index contributed by atoms with van der Waals surface area (Å²) in [6, 6.07) is 0.558. The zero-order chi connectivity index (χ0) is 11.5. The van der Waals surface area contributed by atoms with Gasteiger partial charge in [0, 0.05) is 25.3 Å². The number of likely N-dealkylation sites (N-methyl/N-ethyl adjacent to an activating group) is 1. The smallest absolute Gasteiger partial charge is 0.203 e. The maximum Gasteiger partial charge on any atom is 0.203 e. The summed E-state index contributed by atoms with van der Waals surface area (Å²) in [5, 5.41) is 3.56. The van der Waals surface area contributed by atoms with E-state index in [0.717, 1.165) is 31.2 Å². The van der Waals surface area contributed by atoms with Crippen LogP contribution in [0.1, 0.15) is 25.5 Å². The molecule has 1 unspecified atom stereocenters. The predicted octanol–water partition coefficient (Wildman–Crippen LogP) is 1.72. The molecule has 0 aromatic carbocycles. The van der Waals surface area contributed by atoms with Gasteiger partial charge in [-0.3, -0.25) is 0 Å². The fraction of sp³-hybridized carbons (Fsp3) is 0.750. The van der Waals surface area contributed by atoms with E-state index in [0.29, 0.717) is 6.04 Å². The van der Waals surface area contributed by atoms with Gasteiger partial charge in [0.2, 0.25) is 5.95 Å². The summed E-state index contributed by atoms with van der Waals surface area (Å²) in [5.41, 5.74) is 1.10. The fourth-order valence-electron chi connectivity index (χ4n) is 2.31. The highest BCUT2D eigenvalue weighted by atomic mass is 15.2. The molecule has 0 radical (unpaired) electrons. The Morgan fingerprint density at radius 2 is 2.38 bits per heavy atom. The van der Waals surface area contributed by atoms with Crippen LogP contribution in [-0.4, -0.2) is 40.6 Å².